The molecule has 3 nitrogen and oxygen atoms in total. The predicted molar refractivity (Wildman–Crippen MR) is 189 cm³/mol. The molecule has 8 aromatic rings. The Morgan fingerprint density at radius 2 is 0.956 bits per heavy atom. The van der Waals surface area contributed by atoms with Crippen LogP contribution >= 0.6 is 11.3 Å². The first-order valence-electron chi connectivity index (χ1n) is 15.1. The summed E-state index contributed by atoms with van der Waals surface area (Å²) in [4.78, 5) is 15.1. The standard InChI is InChI=1S/C41H29N3S/c1-26-12-6-7-15-31(26)33-18-10-17-32(27(33)2)28-22-24-30(25-23-28)40-42-39(29-13-4-3-5-14-29)43-41(44-40)36-20-11-19-35-34-16-8-9-21-37(34)45-38(35)36/h3-25H,1-2H3. The van der Waals surface area contributed by atoms with Gasteiger partial charge in [0.1, 0.15) is 0 Å². The molecule has 0 radical (unpaired) electrons. The van der Waals surface area contributed by atoms with Gasteiger partial charge in [0.25, 0.3) is 0 Å². The highest BCUT2D eigenvalue weighted by Gasteiger charge is 2.17. The van der Waals surface area contributed by atoms with Crippen LogP contribution in [0, 0.1) is 13.8 Å². The summed E-state index contributed by atoms with van der Waals surface area (Å²) in [5.41, 5.74) is 10.4. The minimum Gasteiger partial charge on any atom is -0.208 e. The monoisotopic (exact) mass is 595 g/mol. The van der Waals surface area contributed by atoms with Crippen molar-refractivity contribution in [2.24, 2.45) is 0 Å². The van der Waals surface area contributed by atoms with Crippen molar-refractivity contribution in [3.63, 3.8) is 0 Å². The van der Waals surface area contributed by atoms with E-state index in [-0.39, 0.29) is 0 Å². The van der Waals surface area contributed by atoms with Crippen LogP contribution in [0.2, 0.25) is 0 Å². The molecule has 0 N–H and O–H groups in total. The van der Waals surface area contributed by atoms with Gasteiger partial charge in [-0.25, -0.2) is 15.0 Å². The van der Waals surface area contributed by atoms with E-state index >= 15 is 0 Å². The molecule has 0 bridgehead atoms. The third-order valence-corrected chi connectivity index (χ3v) is 9.76. The lowest BCUT2D eigenvalue weighted by Crippen LogP contribution is -2.00. The van der Waals surface area contributed by atoms with E-state index in [1.54, 1.807) is 11.3 Å². The van der Waals surface area contributed by atoms with Gasteiger partial charge in [0.05, 0.1) is 0 Å². The average Bonchev–Trinajstić information content (AvgIpc) is 3.48. The van der Waals surface area contributed by atoms with Crippen LogP contribution in [0.1, 0.15) is 11.1 Å². The highest BCUT2D eigenvalue weighted by atomic mass is 32.1. The lowest BCUT2D eigenvalue weighted by Gasteiger charge is -2.14. The summed E-state index contributed by atoms with van der Waals surface area (Å²) in [5.74, 6) is 2.01. The third kappa shape index (κ3) is 4.90. The van der Waals surface area contributed by atoms with E-state index in [0.29, 0.717) is 17.5 Å². The van der Waals surface area contributed by atoms with Gasteiger partial charge in [0, 0.05) is 36.9 Å². The molecule has 0 amide bonds. The van der Waals surface area contributed by atoms with Gasteiger partial charge in [-0.15, -0.1) is 11.3 Å². The maximum Gasteiger partial charge on any atom is 0.165 e. The zero-order chi connectivity index (χ0) is 30.3. The zero-order valence-electron chi connectivity index (χ0n) is 25.0. The number of benzene rings is 6. The fourth-order valence-electron chi connectivity index (χ4n) is 6.18. The van der Waals surface area contributed by atoms with E-state index in [1.165, 1.54) is 53.6 Å². The first-order chi connectivity index (χ1) is 22.1. The highest BCUT2D eigenvalue weighted by Crippen LogP contribution is 2.40. The Kier molecular flexibility index (Phi) is 6.77. The first kappa shape index (κ1) is 27.1. The van der Waals surface area contributed by atoms with Gasteiger partial charge in [-0.2, -0.15) is 0 Å². The molecule has 0 saturated carbocycles. The van der Waals surface area contributed by atoms with E-state index in [4.69, 9.17) is 15.0 Å². The van der Waals surface area contributed by atoms with Gasteiger partial charge >= 0.3 is 0 Å². The number of nitrogens with zero attached hydrogens (tertiary/aromatic N) is 3. The van der Waals surface area contributed by atoms with Crippen LogP contribution in [0.4, 0.5) is 0 Å². The van der Waals surface area contributed by atoms with E-state index < -0.39 is 0 Å². The largest absolute Gasteiger partial charge is 0.208 e. The molecule has 0 aliphatic heterocycles. The van der Waals surface area contributed by atoms with Gasteiger partial charge in [-0.1, -0.05) is 127 Å². The van der Waals surface area contributed by atoms with Crippen LogP contribution in [0.3, 0.4) is 0 Å². The van der Waals surface area contributed by atoms with Crippen molar-refractivity contribution in [3.8, 4) is 56.4 Å². The minimum absolute atomic E-state index is 0.661. The Balaban J connectivity index is 1.24. The number of aryl methyl sites for hydroxylation is 1. The highest BCUT2D eigenvalue weighted by molar-refractivity contribution is 7.26. The van der Waals surface area contributed by atoms with Gasteiger partial charge in [-0.05, 0) is 59.4 Å². The molecule has 0 unspecified atom stereocenters. The quantitative estimate of drug-likeness (QED) is 0.199. The summed E-state index contributed by atoms with van der Waals surface area (Å²) in [6.45, 7) is 4.38. The van der Waals surface area contributed by atoms with Crippen molar-refractivity contribution in [2.75, 3.05) is 0 Å². The second-order valence-electron chi connectivity index (χ2n) is 11.3. The molecule has 0 fully saturated rings. The van der Waals surface area contributed by atoms with Crippen LogP contribution in [0.25, 0.3) is 76.6 Å². The van der Waals surface area contributed by atoms with Crippen molar-refractivity contribution >= 4 is 31.5 Å². The van der Waals surface area contributed by atoms with E-state index in [0.717, 1.165) is 16.7 Å². The molecule has 0 saturated heterocycles. The molecule has 6 aromatic carbocycles. The van der Waals surface area contributed by atoms with Crippen LogP contribution < -0.4 is 0 Å². The Hall–Kier alpha value is -5.45. The maximum atomic E-state index is 5.09. The van der Waals surface area contributed by atoms with Crippen LogP contribution in [0.5, 0.6) is 0 Å². The number of fused-ring (bicyclic) bond motifs is 3. The average molecular weight is 596 g/mol. The SMILES string of the molecule is Cc1ccccc1-c1cccc(-c2ccc(-c3nc(-c4ccccc4)nc(-c4cccc5c4sc4ccccc45)n3)cc2)c1C. The molecule has 214 valence electrons. The van der Waals surface area contributed by atoms with Gasteiger partial charge < -0.3 is 0 Å². The molecule has 8 rings (SSSR count). The van der Waals surface area contributed by atoms with Gasteiger partial charge in [-0.3, -0.25) is 0 Å². The summed E-state index contributed by atoms with van der Waals surface area (Å²) in [7, 11) is 0. The summed E-state index contributed by atoms with van der Waals surface area (Å²) in [6, 6.07) is 48.9. The molecule has 0 atom stereocenters. The molecule has 0 spiro atoms. The first-order valence-corrected chi connectivity index (χ1v) is 15.9. The third-order valence-electron chi connectivity index (χ3n) is 8.54. The van der Waals surface area contributed by atoms with Crippen molar-refractivity contribution in [1.82, 2.24) is 15.0 Å². The number of hydrogen-bond acceptors (Lipinski definition) is 4. The topological polar surface area (TPSA) is 38.7 Å². The number of thiophene rings is 1. The smallest absolute Gasteiger partial charge is 0.165 e. The minimum atomic E-state index is 0.661. The lowest BCUT2D eigenvalue weighted by molar-refractivity contribution is 1.08. The van der Waals surface area contributed by atoms with Crippen LogP contribution in [-0.2, 0) is 0 Å². The van der Waals surface area contributed by atoms with Crippen molar-refractivity contribution in [2.45, 2.75) is 13.8 Å². The lowest BCUT2D eigenvalue weighted by atomic mass is 9.91. The molecule has 0 aliphatic rings. The van der Waals surface area contributed by atoms with Crippen molar-refractivity contribution < 1.29 is 0 Å². The molecule has 0 aliphatic carbocycles. The number of hydrogen-bond donors (Lipinski definition) is 0. The molecular formula is C41H29N3S. The van der Waals surface area contributed by atoms with Crippen molar-refractivity contribution in [1.29, 1.82) is 0 Å². The fourth-order valence-corrected chi connectivity index (χ4v) is 7.39. The number of aromatic nitrogens is 3. The Morgan fingerprint density at radius 3 is 1.76 bits per heavy atom. The Morgan fingerprint density at radius 1 is 0.400 bits per heavy atom. The molecule has 2 aromatic heterocycles. The van der Waals surface area contributed by atoms with Crippen LogP contribution in [0.15, 0.2) is 140 Å². The summed E-state index contributed by atoms with van der Waals surface area (Å²) in [5, 5.41) is 2.48. The van der Waals surface area contributed by atoms with E-state index in [1.807, 2.05) is 18.2 Å². The molecule has 4 heteroatoms. The number of rotatable bonds is 5. The predicted octanol–water partition coefficient (Wildman–Crippen LogP) is 11.2. The molecule has 2 heterocycles. The van der Waals surface area contributed by atoms with Crippen molar-refractivity contribution in [3.05, 3.63) is 151 Å². The van der Waals surface area contributed by atoms with Crippen LogP contribution in [-0.4, -0.2) is 15.0 Å². The van der Waals surface area contributed by atoms with Gasteiger partial charge in [0.2, 0.25) is 0 Å². The Labute approximate surface area is 266 Å². The van der Waals surface area contributed by atoms with Gasteiger partial charge in [0.15, 0.2) is 17.5 Å². The Bertz CT molecular complexity index is 2340. The summed E-state index contributed by atoms with van der Waals surface area (Å²) >= 11 is 1.79. The summed E-state index contributed by atoms with van der Waals surface area (Å²) in [6.07, 6.45) is 0. The maximum absolute atomic E-state index is 5.09. The molecular weight excluding hydrogens is 567 g/mol. The second-order valence-corrected chi connectivity index (χ2v) is 12.4. The molecule has 45 heavy (non-hydrogen) atoms. The summed E-state index contributed by atoms with van der Waals surface area (Å²) < 4.78 is 2.45. The van der Waals surface area contributed by atoms with E-state index in [2.05, 4.69) is 135 Å². The second kappa shape index (κ2) is 11.2. The normalized spacial score (nSPS) is 11.3. The zero-order valence-corrected chi connectivity index (χ0v) is 25.8. The van der Waals surface area contributed by atoms with E-state index in [9.17, 15) is 0 Å². The fraction of sp³-hybridized carbons (Fsp3) is 0.0488.